The van der Waals surface area contributed by atoms with Crippen molar-refractivity contribution in [2.45, 2.75) is 34.0 Å². The Hall–Kier alpha value is -1.19. The number of rotatable bonds is 6. The smallest absolute Gasteiger partial charge is 0.222 e. The average molecular weight is 236 g/mol. The molecule has 3 heteroatoms. The van der Waals surface area contributed by atoms with Crippen LogP contribution < -0.4 is 0 Å². The highest BCUT2D eigenvalue weighted by atomic mass is 16.7. The monoisotopic (exact) mass is 236 g/mol. The van der Waals surface area contributed by atoms with Crippen LogP contribution in [0.5, 0.6) is 0 Å². The quantitative estimate of drug-likeness (QED) is 0.563. The van der Waals surface area contributed by atoms with Gasteiger partial charge in [-0.2, -0.15) is 0 Å². The second-order valence-corrected chi connectivity index (χ2v) is 3.85. The van der Waals surface area contributed by atoms with E-state index >= 15 is 0 Å². The fourth-order valence-corrected chi connectivity index (χ4v) is 1.65. The van der Waals surface area contributed by atoms with Crippen LogP contribution in [0, 0.1) is 13.8 Å². The SMILES string of the molecule is CCOC(OCC)C(=O)c1cccc(C)c1C. The zero-order valence-electron chi connectivity index (χ0n) is 10.9. The van der Waals surface area contributed by atoms with E-state index in [9.17, 15) is 4.79 Å². The standard InChI is InChI=1S/C14H20O3/c1-5-16-14(17-6-2)13(15)12-9-7-8-10(3)11(12)4/h7-9,14H,5-6H2,1-4H3. The highest BCUT2D eigenvalue weighted by Crippen LogP contribution is 2.16. The van der Waals surface area contributed by atoms with Crippen LogP contribution in [0.1, 0.15) is 35.3 Å². The van der Waals surface area contributed by atoms with Gasteiger partial charge in [0.2, 0.25) is 12.1 Å². The summed E-state index contributed by atoms with van der Waals surface area (Å²) in [4.78, 5) is 12.2. The lowest BCUT2D eigenvalue weighted by molar-refractivity contribution is -0.107. The summed E-state index contributed by atoms with van der Waals surface area (Å²) in [5.74, 6) is -0.102. The molecule has 0 unspecified atom stereocenters. The van der Waals surface area contributed by atoms with E-state index < -0.39 is 6.29 Å². The Morgan fingerprint density at radius 2 is 1.76 bits per heavy atom. The van der Waals surface area contributed by atoms with E-state index in [0.29, 0.717) is 18.8 Å². The van der Waals surface area contributed by atoms with Crippen LogP contribution in [0.25, 0.3) is 0 Å². The van der Waals surface area contributed by atoms with Gasteiger partial charge in [0, 0.05) is 18.8 Å². The average Bonchev–Trinajstić information content (AvgIpc) is 2.31. The van der Waals surface area contributed by atoms with Gasteiger partial charge < -0.3 is 9.47 Å². The second kappa shape index (κ2) is 6.52. The maximum absolute atomic E-state index is 12.2. The Bertz CT molecular complexity index is 379. The van der Waals surface area contributed by atoms with E-state index in [1.165, 1.54) is 0 Å². The zero-order valence-corrected chi connectivity index (χ0v) is 10.9. The fraction of sp³-hybridized carbons (Fsp3) is 0.500. The van der Waals surface area contributed by atoms with E-state index in [1.54, 1.807) is 0 Å². The molecule has 1 rings (SSSR count). The van der Waals surface area contributed by atoms with Crippen LogP contribution in [0.15, 0.2) is 18.2 Å². The number of Topliss-reactive ketones (excluding diaryl/α,β-unsaturated/α-hetero) is 1. The first kappa shape index (κ1) is 13.9. The van der Waals surface area contributed by atoms with E-state index in [4.69, 9.17) is 9.47 Å². The molecule has 0 saturated carbocycles. The lowest BCUT2D eigenvalue weighted by atomic mass is 10.00. The predicted octanol–water partition coefficient (Wildman–Crippen LogP) is 2.89. The minimum Gasteiger partial charge on any atom is -0.346 e. The van der Waals surface area contributed by atoms with Gasteiger partial charge in [0.25, 0.3) is 0 Å². The molecule has 0 heterocycles. The van der Waals surface area contributed by atoms with Crippen molar-refractivity contribution in [3.8, 4) is 0 Å². The first-order valence-electron chi connectivity index (χ1n) is 5.95. The van der Waals surface area contributed by atoms with Crippen molar-refractivity contribution in [3.05, 3.63) is 34.9 Å². The molecule has 0 bridgehead atoms. The zero-order chi connectivity index (χ0) is 12.8. The number of benzene rings is 1. The molecule has 0 aromatic heterocycles. The number of ether oxygens (including phenoxy) is 2. The molecule has 0 atom stereocenters. The van der Waals surface area contributed by atoms with Gasteiger partial charge >= 0.3 is 0 Å². The molecular weight excluding hydrogens is 216 g/mol. The van der Waals surface area contributed by atoms with Crippen LogP contribution in [0.4, 0.5) is 0 Å². The first-order valence-corrected chi connectivity index (χ1v) is 5.95. The summed E-state index contributed by atoms with van der Waals surface area (Å²) >= 11 is 0. The molecule has 0 aliphatic rings. The molecule has 0 aliphatic heterocycles. The van der Waals surface area contributed by atoms with Crippen LogP contribution in [-0.4, -0.2) is 25.3 Å². The topological polar surface area (TPSA) is 35.5 Å². The first-order chi connectivity index (χ1) is 8.11. The van der Waals surface area contributed by atoms with Crippen molar-refractivity contribution in [1.29, 1.82) is 0 Å². The molecule has 0 saturated heterocycles. The molecule has 1 aromatic carbocycles. The highest BCUT2D eigenvalue weighted by Gasteiger charge is 2.22. The van der Waals surface area contributed by atoms with Gasteiger partial charge in [-0.1, -0.05) is 18.2 Å². The fourth-order valence-electron chi connectivity index (χ4n) is 1.65. The van der Waals surface area contributed by atoms with E-state index in [-0.39, 0.29) is 5.78 Å². The van der Waals surface area contributed by atoms with Gasteiger partial charge in [-0.3, -0.25) is 4.79 Å². The Morgan fingerprint density at radius 1 is 1.18 bits per heavy atom. The molecule has 0 radical (unpaired) electrons. The van der Waals surface area contributed by atoms with Crippen molar-refractivity contribution in [1.82, 2.24) is 0 Å². The van der Waals surface area contributed by atoms with Crippen LogP contribution in [-0.2, 0) is 9.47 Å². The molecule has 0 aliphatic carbocycles. The van der Waals surface area contributed by atoms with Crippen LogP contribution in [0.2, 0.25) is 0 Å². The van der Waals surface area contributed by atoms with Crippen LogP contribution in [0.3, 0.4) is 0 Å². The van der Waals surface area contributed by atoms with Crippen molar-refractivity contribution >= 4 is 5.78 Å². The number of hydrogen-bond donors (Lipinski definition) is 0. The Morgan fingerprint density at radius 3 is 2.29 bits per heavy atom. The highest BCUT2D eigenvalue weighted by molar-refractivity contribution is 6.00. The molecule has 1 aromatic rings. The molecule has 17 heavy (non-hydrogen) atoms. The lowest BCUT2D eigenvalue weighted by Gasteiger charge is -2.17. The Kier molecular flexibility index (Phi) is 5.32. The number of carbonyl (C=O) groups is 1. The molecule has 0 spiro atoms. The van der Waals surface area contributed by atoms with Gasteiger partial charge in [-0.05, 0) is 38.8 Å². The van der Waals surface area contributed by atoms with Gasteiger partial charge in [-0.25, -0.2) is 0 Å². The third-order valence-electron chi connectivity index (χ3n) is 2.72. The minimum absolute atomic E-state index is 0.102. The number of ketones is 1. The molecule has 0 N–H and O–H groups in total. The van der Waals surface area contributed by atoms with Crippen molar-refractivity contribution < 1.29 is 14.3 Å². The Balaban J connectivity index is 2.96. The minimum atomic E-state index is -0.787. The molecule has 0 amide bonds. The molecular formula is C14H20O3. The summed E-state index contributed by atoms with van der Waals surface area (Å²) in [6.45, 7) is 8.55. The summed E-state index contributed by atoms with van der Waals surface area (Å²) in [7, 11) is 0. The largest absolute Gasteiger partial charge is 0.346 e. The van der Waals surface area contributed by atoms with Crippen LogP contribution >= 0.6 is 0 Å². The van der Waals surface area contributed by atoms with E-state index in [2.05, 4.69) is 0 Å². The number of aryl methyl sites for hydroxylation is 1. The lowest BCUT2D eigenvalue weighted by Crippen LogP contribution is -2.28. The third-order valence-corrected chi connectivity index (χ3v) is 2.72. The normalized spacial score (nSPS) is 10.9. The third kappa shape index (κ3) is 3.38. The molecule has 3 nitrogen and oxygen atoms in total. The van der Waals surface area contributed by atoms with Gasteiger partial charge in [0.1, 0.15) is 0 Å². The maximum atomic E-state index is 12.2. The van der Waals surface area contributed by atoms with Gasteiger partial charge in [0.05, 0.1) is 0 Å². The van der Waals surface area contributed by atoms with Gasteiger partial charge in [0.15, 0.2) is 0 Å². The van der Waals surface area contributed by atoms with E-state index in [0.717, 1.165) is 11.1 Å². The summed E-state index contributed by atoms with van der Waals surface area (Å²) in [6, 6.07) is 5.68. The predicted molar refractivity (Wildman–Crippen MR) is 67.3 cm³/mol. The Labute approximate surface area is 103 Å². The number of hydrogen-bond acceptors (Lipinski definition) is 3. The summed E-state index contributed by atoms with van der Waals surface area (Å²) < 4.78 is 10.6. The molecule has 0 fully saturated rings. The maximum Gasteiger partial charge on any atom is 0.222 e. The van der Waals surface area contributed by atoms with E-state index in [1.807, 2.05) is 45.9 Å². The van der Waals surface area contributed by atoms with Crippen molar-refractivity contribution in [2.75, 3.05) is 13.2 Å². The summed E-state index contributed by atoms with van der Waals surface area (Å²) in [5, 5.41) is 0. The van der Waals surface area contributed by atoms with Gasteiger partial charge in [-0.15, -0.1) is 0 Å². The molecule has 94 valence electrons. The summed E-state index contributed by atoms with van der Waals surface area (Å²) in [5.41, 5.74) is 2.77. The van der Waals surface area contributed by atoms with Crippen molar-refractivity contribution in [3.63, 3.8) is 0 Å². The van der Waals surface area contributed by atoms with Crippen molar-refractivity contribution in [2.24, 2.45) is 0 Å². The second-order valence-electron chi connectivity index (χ2n) is 3.85. The summed E-state index contributed by atoms with van der Waals surface area (Å²) in [6.07, 6.45) is -0.787. The number of carbonyl (C=O) groups excluding carboxylic acids is 1.